The van der Waals surface area contributed by atoms with Crippen LogP contribution in [0.4, 0.5) is 4.39 Å². The van der Waals surface area contributed by atoms with Crippen LogP contribution in [0.1, 0.15) is 49.4 Å². The molecule has 5 heteroatoms. The monoisotopic (exact) mass is 308 g/mol. The van der Waals surface area contributed by atoms with Crippen molar-refractivity contribution < 1.29 is 23.8 Å². The molecule has 2 bridgehead atoms. The summed E-state index contributed by atoms with van der Waals surface area (Å²) in [5.74, 6) is -0.376. The first-order valence-corrected chi connectivity index (χ1v) is 7.91. The first-order valence-electron chi connectivity index (χ1n) is 7.91. The summed E-state index contributed by atoms with van der Waals surface area (Å²) >= 11 is 0. The third-order valence-electron chi connectivity index (χ3n) is 4.77. The molecule has 4 atom stereocenters. The maximum atomic E-state index is 13.8. The number of carbonyl (C=O) groups is 1. The molecule has 3 rings (SSSR count). The lowest BCUT2D eigenvalue weighted by Gasteiger charge is -2.27. The first-order chi connectivity index (χ1) is 10.6. The third-order valence-corrected chi connectivity index (χ3v) is 4.77. The lowest BCUT2D eigenvalue weighted by Crippen LogP contribution is -2.30. The second-order valence-corrected chi connectivity index (χ2v) is 6.26. The molecule has 0 heterocycles. The fraction of sp³-hybridized carbons (Fsp3) is 0.588. The van der Waals surface area contributed by atoms with Crippen LogP contribution in [0.25, 0.3) is 0 Å². The fourth-order valence-corrected chi connectivity index (χ4v) is 3.62. The molecule has 2 aliphatic rings. The molecule has 1 aromatic carbocycles. The first kappa shape index (κ1) is 15.3. The summed E-state index contributed by atoms with van der Waals surface area (Å²) in [4.78, 5) is 11.0. The van der Waals surface area contributed by atoms with Crippen molar-refractivity contribution in [1.82, 2.24) is 0 Å². The van der Waals surface area contributed by atoms with Crippen LogP contribution >= 0.6 is 0 Å². The van der Waals surface area contributed by atoms with E-state index in [-0.39, 0.29) is 17.4 Å². The van der Waals surface area contributed by atoms with Crippen molar-refractivity contribution in [3.8, 4) is 5.75 Å². The van der Waals surface area contributed by atoms with Crippen molar-refractivity contribution in [3.05, 3.63) is 29.6 Å². The lowest BCUT2D eigenvalue weighted by atomic mass is 9.98. The number of aromatic carboxylic acids is 1. The van der Waals surface area contributed by atoms with Gasteiger partial charge in [-0.1, -0.05) is 6.92 Å². The Bertz CT molecular complexity index is 560. The molecule has 0 aliphatic heterocycles. The molecule has 1 aromatic rings. The van der Waals surface area contributed by atoms with Gasteiger partial charge in [0, 0.05) is 6.42 Å². The molecule has 22 heavy (non-hydrogen) atoms. The second kappa shape index (κ2) is 6.24. The number of carboxylic acids is 1. The van der Waals surface area contributed by atoms with Crippen molar-refractivity contribution in [2.24, 2.45) is 11.8 Å². The molecule has 0 aromatic heterocycles. The molecule has 2 saturated carbocycles. The van der Waals surface area contributed by atoms with Crippen molar-refractivity contribution in [3.63, 3.8) is 0 Å². The quantitative estimate of drug-likeness (QED) is 0.811. The van der Waals surface area contributed by atoms with E-state index in [0.717, 1.165) is 18.4 Å². The number of hydrogen-bond acceptors (Lipinski definition) is 3. The Balaban J connectivity index is 1.67. The third kappa shape index (κ3) is 3.09. The largest absolute Gasteiger partial charge is 0.478 e. The Morgan fingerprint density at radius 2 is 2.23 bits per heavy atom. The van der Waals surface area contributed by atoms with Gasteiger partial charge in [0.2, 0.25) is 0 Å². The Kier molecular flexibility index (Phi) is 4.34. The van der Waals surface area contributed by atoms with Crippen LogP contribution in [-0.2, 0) is 4.74 Å². The predicted octanol–water partition coefficient (Wildman–Crippen LogP) is 3.84. The lowest BCUT2D eigenvalue weighted by molar-refractivity contribution is -0.135. The van der Waals surface area contributed by atoms with Crippen LogP contribution in [0.15, 0.2) is 18.2 Å². The maximum Gasteiger partial charge on any atom is 0.335 e. The van der Waals surface area contributed by atoms with E-state index in [1.54, 1.807) is 0 Å². The molecule has 0 saturated heterocycles. The average Bonchev–Trinajstić information content (AvgIpc) is 3.11. The van der Waals surface area contributed by atoms with Gasteiger partial charge >= 0.3 is 5.97 Å². The van der Waals surface area contributed by atoms with Gasteiger partial charge in [-0.25, -0.2) is 9.18 Å². The zero-order chi connectivity index (χ0) is 15.7. The summed E-state index contributed by atoms with van der Waals surface area (Å²) < 4.78 is 25.4. The summed E-state index contributed by atoms with van der Waals surface area (Å²) in [5.41, 5.74) is 0.00572. The number of benzene rings is 1. The van der Waals surface area contributed by atoms with E-state index in [1.165, 1.54) is 31.4 Å². The number of rotatable bonds is 6. The molecule has 4 unspecified atom stereocenters. The van der Waals surface area contributed by atoms with Gasteiger partial charge in [-0.3, -0.25) is 0 Å². The van der Waals surface area contributed by atoms with Crippen LogP contribution in [0.3, 0.4) is 0 Å². The van der Waals surface area contributed by atoms with Crippen LogP contribution in [0.2, 0.25) is 0 Å². The second-order valence-electron chi connectivity index (χ2n) is 6.26. The van der Waals surface area contributed by atoms with Gasteiger partial charge in [-0.15, -0.1) is 0 Å². The standard InChI is InChI=1S/C17H21FO4/c1-2-16(21-14-8-10-3-4-11(14)7-10)22-15-9-12(17(19)20)5-6-13(15)18/h5-6,9-11,14,16H,2-4,7-8H2,1H3,(H,19,20). The van der Waals surface area contributed by atoms with Crippen LogP contribution < -0.4 is 4.74 Å². The van der Waals surface area contributed by atoms with E-state index >= 15 is 0 Å². The summed E-state index contributed by atoms with van der Waals surface area (Å²) in [6.07, 6.45) is 5.01. The number of halogens is 1. The van der Waals surface area contributed by atoms with E-state index in [0.29, 0.717) is 12.3 Å². The van der Waals surface area contributed by atoms with E-state index in [2.05, 4.69) is 0 Å². The van der Waals surface area contributed by atoms with Gasteiger partial charge in [0.05, 0.1) is 11.7 Å². The average molecular weight is 308 g/mol. The van der Waals surface area contributed by atoms with Crippen molar-refractivity contribution in [2.75, 3.05) is 0 Å². The highest BCUT2D eigenvalue weighted by atomic mass is 19.1. The Morgan fingerprint density at radius 3 is 2.82 bits per heavy atom. The molecule has 2 fully saturated rings. The number of ether oxygens (including phenoxy) is 2. The van der Waals surface area contributed by atoms with Gasteiger partial charge in [-0.05, 0) is 55.7 Å². The predicted molar refractivity (Wildman–Crippen MR) is 78.4 cm³/mol. The topological polar surface area (TPSA) is 55.8 Å². The molecule has 2 aliphatic carbocycles. The summed E-state index contributed by atoms with van der Waals surface area (Å²) in [5, 5.41) is 8.98. The Labute approximate surface area is 129 Å². The highest BCUT2D eigenvalue weighted by molar-refractivity contribution is 5.88. The van der Waals surface area contributed by atoms with Gasteiger partial charge in [0.25, 0.3) is 0 Å². The van der Waals surface area contributed by atoms with Gasteiger partial charge < -0.3 is 14.6 Å². The highest BCUT2D eigenvalue weighted by Crippen LogP contribution is 2.46. The van der Waals surface area contributed by atoms with Crippen LogP contribution in [-0.4, -0.2) is 23.5 Å². The normalized spacial score (nSPS) is 27.8. The molecular weight excluding hydrogens is 287 g/mol. The zero-order valence-electron chi connectivity index (χ0n) is 12.6. The highest BCUT2D eigenvalue weighted by Gasteiger charge is 2.41. The number of hydrogen-bond donors (Lipinski definition) is 1. The van der Waals surface area contributed by atoms with E-state index in [4.69, 9.17) is 14.6 Å². The summed E-state index contributed by atoms with van der Waals surface area (Å²) in [6.45, 7) is 1.91. The van der Waals surface area contributed by atoms with Crippen LogP contribution in [0.5, 0.6) is 5.75 Å². The zero-order valence-corrected chi connectivity index (χ0v) is 12.6. The van der Waals surface area contributed by atoms with E-state index in [1.807, 2.05) is 6.92 Å². The molecule has 0 amide bonds. The molecule has 0 spiro atoms. The molecule has 4 nitrogen and oxygen atoms in total. The van der Waals surface area contributed by atoms with Crippen LogP contribution in [0, 0.1) is 17.7 Å². The van der Waals surface area contributed by atoms with Crippen molar-refractivity contribution in [2.45, 2.75) is 51.4 Å². The van der Waals surface area contributed by atoms with Gasteiger partial charge in [-0.2, -0.15) is 0 Å². The minimum Gasteiger partial charge on any atom is -0.478 e. The maximum absolute atomic E-state index is 13.8. The number of carboxylic acid groups (broad SMARTS) is 1. The Morgan fingerprint density at radius 1 is 1.41 bits per heavy atom. The summed E-state index contributed by atoms with van der Waals surface area (Å²) in [7, 11) is 0. The van der Waals surface area contributed by atoms with Crippen molar-refractivity contribution >= 4 is 5.97 Å². The molecular formula is C17H21FO4. The SMILES string of the molecule is CCC(Oc1cc(C(=O)O)ccc1F)OC1CC2CCC1C2. The van der Waals surface area contributed by atoms with Gasteiger partial charge in [0.1, 0.15) is 0 Å². The van der Waals surface area contributed by atoms with Crippen molar-refractivity contribution in [1.29, 1.82) is 0 Å². The fourth-order valence-electron chi connectivity index (χ4n) is 3.62. The van der Waals surface area contributed by atoms with E-state index < -0.39 is 18.1 Å². The molecule has 120 valence electrons. The molecule has 0 radical (unpaired) electrons. The smallest absolute Gasteiger partial charge is 0.335 e. The van der Waals surface area contributed by atoms with E-state index in [9.17, 15) is 9.18 Å². The minimum absolute atomic E-state index is 0.00572. The minimum atomic E-state index is -1.10. The van der Waals surface area contributed by atoms with Gasteiger partial charge in [0.15, 0.2) is 17.9 Å². The molecule has 1 N–H and O–H groups in total. The number of fused-ring (bicyclic) bond motifs is 2. The Hall–Kier alpha value is -1.62. The summed E-state index contributed by atoms with van der Waals surface area (Å²) in [6, 6.07) is 3.55.